The van der Waals surface area contributed by atoms with Gasteiger partial charge >= 0.3 is 0 Å². The summed E-state index contributed by atoms with van der Waals surface area (Å²) in [5, 5.41) is 11.7. The number of benzene rings is 1. The van der Waals surface area contributed by atoms with Gasteiger partial charge in [0.2, 0.25) is 17.7 Å². The lowest BCUT2D eigenvalue weighted by atomic mass is 10.1. The van der Waals surface area contributed by atoms with E-state index in [1.54, 1.807) is 0 Å². The smallest absolute Gasteiger partial charge is 0.238 e. The van der Waals surface area contributed by atoms with Crippen molar-refractivity contribution in [2.75, 3.05) is 17.6 Å². The van der Waals surface area contributed by atoms with Crippen LogP contribution in [0.1, 0.15) is 11.4 Å². The van der Waals surface area contributed by atoms with Gasteiger partial charge in [-0.15, -0.1) is 0 Å². The predicted octanol–water partition coefficient (Wildman–Crippen LogP) is 0.980. The number of aromatic nitrogens is 3. The van der Waals surface area contributed by atoms with Crippen molar-refractivity contribution in [3.63, 3.8) is 0 Å². The minimum Gasteiger partial charge on any atom is -0.368 e. The van der Waals surface area contributed by atoms with Gasteiger partial charge < -0.3 is 11.1 Å². The van der Waals surface area contributed by atoms with Crippen LogP contribution in [0.4, 0.5) is 11.9 Å². The van der Waals surface area contributed by atoms with Gasteiger partial charge in [0.25, 0.3) is 0 Å². The Balaban J connectivity index is 1.95. The second-order valence-electron chi connectivity index (χ2n) is 3.62. The quantitative estimate of drug-likeness (QED) is 0.826. The highest BCUT2D eigenvalue weighted by molar-refractivity contribution is 5.34. The molecule has 0 atom stereocenters. The van der Waals surface area contributed by atoms with Crippen molar-refractivity contribution in [2.24, 2.45) is 0 Å². The summed E-state index contributed by atoms with van der Waals surface area (Å²) >= 11 is 0. The van der Waals surface area contributed by atoms with E-state index in [2.05, 4.69) is 20.3 Å². The Kier molecular flexibility index (Phi) is 3.66. The highest BCUT2D eigenvalue weighted by Gasteiger charge is 2.02. The fourth-order valence-electron chi connectivity index (χ4n) is 1.48. The Morgan fingerprint density at radius 3 is 2.67 bits per heavy atom. The van der Waals surface area contributed by atoms with Gasteiger partial charge in [-0.3, -0.25) is 0 Å². The first-order chi connectivity index (χ1) is 8.78. The van der Waals surface area contributed by atoms with E-state index >= 15 is 0 Å². The molecule has 0 aliphatic heterocycles. The van der Waals surface area contributed by atoms with Gasteiger partial charge in [0, 0.05) is 6.54 Å². The normalized spacial score (nSPS) is 9.72. The molecule has 0 bridgehead atoms. The number of nitrogens with two attached hydrogens (primary N) is 1. The summed E-state index contributed by atoms with van der Waals surface area (Å²) in [6.45, 7) is 0.665. The van der Waals surface area contributed by atoms with Gasteiger partial charge in [-0.05, 0) is 12.0 Å². The largest absolute Gasteiger partial charge is 0.368 e. The Labute approximate surface area is 105 Å². The molecule has 0 saturated heterocycles. The molecule has 0 saturated carbocycles. The lowest BCUT2D eigenvalue weighted by molar-refractivity contribution is 0.958. The molecule has 18 heavy (non-hydrogen) atoms. The van der Waals surface area contributed by atoms with E-state index in [1.807, 2.05) is 36.4 Å². The molecule has 0 spiro atoms. The van der Waals surface area contributed by atoms with Crippen molar-refractivity contribution >= 4 is 11.9 Å². The van der Waals surface area contributed by atoms with E-state index in [-0.39, 0.29) is 11.8 Å². The summed E-state index contributed by atoms with van der Waals surface area (Å²) in [4.78, 5) is 11.5. The van der Waals surface area contributed by atoms with Crippen LogP contribution >= 0.6 is 0 Å². The fourth-order valence-corrected chi connectivity index (χ4v) is 1.48. The molecule has 6 nitrogen and oxygen atoms in total. The number of nitrogen functional groups attached to an aromatic ring is 1. The van der Waals surface area contributed by atoms with Crippen LogP contribution in [-0.2, 0) is 6.42 Å². The van der Waals surface area contributed by atoms with Crippen LogP contribution in [0, 0.1) is 11.3 Å². The number of anilines is 2. The maximum absolute atomic E-state index is 8.70. The zero-order chi connectivity index (χ0) is 12.8. The highest BCUT2D eigenvalue weighted by atomic mass is 15.2. The first kappa shape index (κ1) is 11.8. The van der Waals surface area contributed by atoms with Crippen molar-refractivity contribution in [1.29, 1.82) is 5.26 Å². The maximum Gasteiger partial charge on any atom is 0.238 e. The van der Waals surface area contributed by atoms with Gasteiger partial charge in [0.1, 0.15) is 6.07 Å². The highest BCUT2D eigenvalue weighted by Crippen LogP contribution is 2.03. The molecule has 90 valence electrons. The number of nitriles is 1. The number of hydrogen-bond acceptors (Lipinski definition) is 6. The molecule has 2 aromatic rings. The molecule has 0 fully saturated rings. The molecule has 1 heterocycles. The average Bonchev–Trinajstić information content (AvgIpc) is 2.39. The van der Waals surface area contributed by atoms with Crippen molar-refractivity contribution in [3.05, 3.63) is 41.7 Å². The first-order valence-corrected chi connectivity index (χ1v) is 5.47. The van der Waals surface area contributed by atoms with E-state index in [9.17, 15) is 0 Å². The molecule has 3 N–H and O–H groups in total. The molecule has 0 radical (unpaired) electrons. The summed E-state index contributed by atoms with van der Waals surface area (Å²) in [7, 11) is 0. The van der Waals surface area contributed by atoms with Crippen LogP contribution in [0.3, 0.4) is 0 Å². The van der Waals surface area contributed by atoms with Crippen LogP contribution in [0.25, 0.3) is 0 Å². The van der Waals surface area contributed by atoms with Crippen LogP contribution in [0.5, 0.6) is 0 Å². The molecular weight excluding hydrogens is 228 g/mol. The van der Waals surface area contributed by atoms with Crippen molar-refractivity contribution in [3.8, 4) is 6.07 Å². The van der Waals surface area contributed by atoms with E-state index in [4.69, 9.17) is 11.0 Å². The molecule has 0 aliphatic rings. The Hall–Kier alpha value is -2.68. The van der Waals surface area contributed by atoms with Crippen molar-refractivity contribution < 1.29 is 0 Å². The van der Waals surface area contributed by atoms with Gasteiger partial charge in [0.15, 0.2) is 0 Å². The van der Waals surface area contributed by atoms with E-state index in [0.29, 0.717) is 12.5 Å². The van der Waals surface area contributed by atoms with Crippen molar-refractivity contribution in [1.82, 2.24) is 15.0 Å². The summed E-state index contributed by atoms with van der Waals surface area (Å²) in [6, 6.07) is 11.9. The zero-order valence-electron chi connectivity index (χ0n) is 9.67. The molecule has 0 unspecified atom stereocenters. The Bertz CT molecular complexity index is 561. The third-order valence-electron chi connectivity index (χ3n) is 2.29. The van der Waals surface area contributed by atoms with E-state index in [0.717, 1.165) is 6.42 Å². The molecule has 0 aliphatic carbocycles. The topological polar surface area (TPSA) is 101 Å². The van der Waals surface area contributed by atoms with Gasteiger partial charge in [-0.2, -0.15) is 20.2 Å². The molecule has 1 aromatic heterocycles. The van der Waals surface area contributed by atoms with Gasteiger partial charge in [0.05, 0.1) is 0 Å². The second-order valence-corrected chi connectivity index (χ2v) is 3.62. The average molecular weight is 240 g/mol. The zero-order valence-corrected chi connectivity index (χ0v) is 9.67. The molecule has 6 heteroatoms. The minimum absolute atomic E-state index is 0.0183. The van der Waals surface area contributed by atoms with Crippen molar-refractivity contribution in [2.45, 2.75) is 6.42 Å². The van der Waals surface area contributed by atoms with Crippen LogP contribution in [-0.4, -0.2) is 21.5 Å². The summed E-state index contributed by atoms with van der Waals surface area (Å²) in [5.74, 6) is 0.392. The Morgan fingerprint density at radius 2 is 1.94 bits per heavy atom. The SMILES string of the molecule is N#Cc1nc(N)nc(NCCc2ccccc2)n1. The lowest BCUT2D eigenvalue weighted by Crippen LogP contribution is -2.11. The first-order valence-electron chi connectivity index (χ1n) is 5.47. The summed E-state index contributed by atoms with van der Waals surface area (Å²) in [6.07, 6.45) is 0.842. The molecule has 2 rings (SSSR count). The molecule has 1 aromatic carbocycles. The fraction of sp³-hybridized carbons (Fsp3) is 0.167. The molecular formula is C12H12N6. The number of nitrogens with one attached hydrogen (secondary N) is 1. The van der Waals surface area contributed by atoms with Crippen LogP contribution in [0.2, 0.25) is 0 Å². The van der Waals surface area contributed by atoms with Crippen LogP contribution in [0.15, 0.2) is 30.3 Å². The number of hydrogen-bond donors (Lipinski definition) is 2. The second kappa shape index (κ2) is 5.59. The number of rotatable bonds is 4. The van der Waals surface area contributed by atoms with Gasteiger partial charge in [-0.25, -0.2) is 0 Å². The third kappa shape index (κ3) is 3.15. The summed E-state index contributed by atoms with van der Waals surface area (Å²) in [5.41, 5.74) is 6.68. The van der Waals surface area contributed by atoms with Crippen LogP contribution < -0.4 is 11.1 Å². The minimum atomic E-state index is 0.0183. The monoisotopic (exact) mass is 240 g/mol. The third-order valence-corrected chi connectivity index (χ3v) is 2.29. The number of nitrogens with zero attached hydrogens (tertiary/aromatic N) is 4. The maximum atomic E-state index is 8.70. The van der Waals surface area contributed by atoms with E-state index < -0.39 is 0 Å². The van der Waals surface area contributed by atoms with E-state index in [1.165, 1.54) is 5.56 Å². The van der Waals surface area contributed by atoms with Gasteiger partial charge in [-0.1, -0.05) is 30.3 Å². The standard InChI is InChI=1S/C12H12N6/c13-8-10-16-11(14)18-12(17-10)15-7-6-9-4-2-1-3-5-9/h1-5H,6-7H2,(H3,14,15,16,17,18). The predicted molar refractivity (Wildman–Crippen MR) is 67.6 cm³/mol. The Morgan fingerprint density at radius 1 is 1.17 bits per heavy atom. The lowest BCUT2D eigenvalue weighted by Gasteiger charge is -2.05. The molecule has 0 amide bonds. The summed E-state index contributed by atoms with van der Waals surface area (Å²) < 4.78 is 0.